The van der Waals surface area contributed by atoms with Gasteiger partial charge in [-0.2, -0.15) is 13.2 Å². The van der Waals surface area contributed by atoms with Crippen molar-refractivity contribution in [2.45, 2.75) is 76.1 Å². The van der Waals surface area contributed by atoms with Crippen LogP contribution in [0, 0.1) is 0 Å². The van der Waals surface area contributed by atoms with Crippen molar-refractivity contribution in [3.63, 3.8) is 0 Å². The van der Waals surface area contributed by atoms with Crippen molar-refractivity contribution in [2.24, 2.45) is 5.73 Å². The number of primary amides is 1. The molecule has 8 nitrogen and oxygen atoms in total. The van der Waals surface area contributed by atoms with Crippen molar-refractivity contribution in [1.82, 2.24) is 9.97 Å². The summed E-state index contributed by atoms with van der Waals surface area (Å²) < 4.78 is 69.1. The Balaban J connectivity index is 1.65. The highest BCUT2D eigenvalue weighted by Gasteiger charge is 2.39. The molecule has 2 heterocycles. The molecule has 4 rings (SSSR count). The van der Waals surface area contributed by atoms with Gasteiger partial charge < -0.3 is 26.4 Å². The molecule has 1 aliphatic heterocycles. The fourth-order valence-corrected chi connectivity index (χ4v) is 4.83. The summed E-state index contributed by atoms with van der Waals surface area (Å²) >= 11 is 0. The molecule has 0 unspecified atom stereocenters. The second-order valence-corrected chi connectivity index (χ2v) is 9.78. The molecule has 38 heavy (non-hydrogen) atoms. The first-order valence-electron chi connectivity index (χ1n) is 12.6. The van der Waals surface area contributed by atoms with Gasteiger partial charge in [0, 0.05) is 43.3 Å². The normalized spacial score (nSPS) is 21.7. The van der Waals surface area contributed by atoms with Crippen molar-refractivity contribution in [1.29, 1.82) is 0 Å². The zero-order valence-corrected chi connectivity index (χ0v) is 20.9. The van der Waals surface area contributed by atoms with E-state index in [0.717, 1.165) is 6.07 Å². The molecule has 1 amide bonds. The van der Waals surface area contributed by atoms with Crippen LogP contribution < -0.4 is 21.3 Å². The monoisotopic (exact) mass is 542 g/mol. The van der Waals surface area contributed by atoms with Crippen LogP contribution in [-0.2, 0) is 12.6 Å². The van der Waals surface area contributed by atoms with Crippen molar-refractivity contribution in [2.75, 3.05) is 28.6 Å². The Morgan fingerprint density at radius 3 is 2.37 bits per heavy atom. The first-order valence-corrected chi connectivity index (χ1v) is 12.6. The van der Waals surface area contributed by atoms with Crippen LogP contribution in [0.5, 0.6) is 0 Å². The minimum absolute atomic E-state index is 0.0123. The smallest absolute Gasteiger partial charge is 0.393 e. The predicted octanol–water partition coefficient (Wildman–Crippen LogP) is 4.85. The number of nitrogens with two attached hydrogens (primary N) is 1. The Kier molecular flexibility index (Phi) is 7.96. The molecule has 1 aromatic carbocycles. The maximum Gasteiger partial charge on any atom is 0.418 e. The number of hydrogen-bond donors (Lipinski definition) is 4. The van der Waals surface area contributed by atoms with Gasteiger partial charge in [-0.1, -0.05) is 6.92 Å². The Morgan fingerprint density at radius 2 is 1.79 bits per heavy atom. The number of benzene rings is 1. The third-order valence-corrected chi connectivity index (χ3v) is 6.97. The Morgan fingerprint density at radius 1 is 1.13 bits per heavy atom. The van der Waals surface area contributed by atoms with Crippen LogP contribution in [0.4, 0.5) is 45.0 Å². The van der Waals surface area contributed by atoms with Gasteiger partial charge in [0.05, 0.1) is 17.4 Å². The van der Waals surface area contributed by atoms with Crippen LogP contribution in [0.3, 0.4) is 0 Å². The number of halogens is 5. The molecule has 2 fully saturated rings. The quantitative estimate of drug-likeness (QED) is 0.370. The summed E-state index contributed by atoms with van der Waals surface area (Å²) in [5, 5.41) is 15.8. The van der Waals surface area contributed by atoms with Crippen molar-refractivity contribution in [3.05, 3.63) is 35.2 Å². The van der Waals surface area contributed by atoms with Gasteiger partial charge in [-0.25, -0.2) is 18.7 Å². The van der Waals surface area contributed by atoms with E-state index in [-0.39, 0.29) is 48.1 Å². The van der Waals surface area contributed by atoms with E-state index in [4.69, 9.17) is 5.73 Å². The van der Waals surface area contributed by atoms with E-state index in [2.05, 4.69) is 20.6 Å². The fraction of sp³-hybridized carbons (Fsp3) is 0.560. The van der Waals surface area contributed by atoms with Gasteiger partial charge in [-0.15, -0.1) is 0 Å². The molecular formula is C25H31F5N6O2. The van der Waals surface area contributed by atoms with Crippen LogP contribution in [0.1, 0.15) is 67.2 Å². The zero-order valence-electron chi connectivity index (χ0n) is 20.9. The summed E-state index contributed by atoms with van der Waals surface area (Å²) in [4.78, 5) is 22.2. The van der Waals surface area contributed by atoms with Crippen molar-refractivity contribution in [3.8, 4) is 0 Å². The number of aliphatic hydroxyl groups is 1. The van der Waals surface area contributed by atoms with Crippen LogP contribution >= 0.6 is 0 Å². The lowest BCUT2D eigenvalue weighted by Crippen LogP contribution is -2.40. The van der Waals surface area contributed by atoms with Crippen LogP contribution in [-0.4, -0.2) is 52.1 Å². The number of hydrogen-bond acceptors (Lipinski definition) is 7. The zero-order chi connectivity index (χ0) is 27.7. The highest BCUT2D eigenvalue weighted by atomic mass is 19.4. The highest BCUT2D eigenvalue weighted by Crippen LogP contribution is 2.41. The SMILES string of the molecule is CCc1nc(C(N)=O)c(Nc2ccc(N3CCC(F)(F)CC3)c(C(F)(F)F)c2)nc1NC1CCC(O)CC1. The van der Waals surface area contributed by atoms with Gasteiger partial charge in [0.15, 0.2) is 11.5 Å². The van der Waals surface area contributed by atoms with Crippen LogP contribution in [0.2, 0.25) is 0 Å². The molecule has 1 aromatic heterocycles. The standard InChI is InChI=1S/C25H31F5N6O2/c1-2-18-22(32-14-3-6-16(37)7-4-14)35-23(20(34-18)21(31)38)33-15-5-8-19(17(13-15)25(28,29)30)36-11-9-24(26,27)10-12-36/h5,8,13-14,16,37H,2-4,6-7,9-12H2,1H3,(H2,31,38)(H2,32,33,35). The first kappa shape index (κ1) is 27.8. The maximum absolute atomic E-state index is 14.0. The molecule has 2 aliphatic rings. The van der Waals surface area contributed by atoms with E-state index < -0.39 is 36.4 Å². The largest absolute Gasteiger partial charge is 0.418 e. The number of aromatic nitrogens is 2. The van der Waals surface area contributed by atoms with Crippen molar-refractivity contribution < 1.29 is 31.9 Å². The topological polar surface area (TPSA) is 116 Å². The lowest BCUT2D eigenvalue weighted by molar-refractivity contribution is -0.137. The number of carbonyl (C=O) groups is 1. The second kappa shape index (κ2) is 10.9. The summed E-state index contributed by atoms with van der Waals surface area (Å²) in [7, 11) is 0. The average molecular weight is 543 g/mol. The summed E-state index contributed by atoms with van der Waals surface area (Å²) in [6, 6.07) is 3.46. The fourth-order valence-electron chi connectivity index (χ4n) is 4.83. The van der Waals surface area contributed by atoms with Gasteiger partial charge in [0.25, 0.3) is 11.8 Å². The summed E-state index contributed by atoms with van der Waals surface area (Å²) in [5.41, 5.74) is 4.56. The number of nitrogens with zero attached hydrogens (tertiary/aromatic N) is 3. The number of carbonyl (C=O) groups excluding carboxylic acids is 1. The number of piperidine rings is 1. The second-order valence-electron chi connectivity index (χ2n) is 9.78. The van der Waals surface area contributed by atoms with Gasteiger partial charge in [-0.05, 0) is 50.3 Å². The number of anilines is 4. The highest BCUT2D eigenvalue weighted by molar-refractivity contribution is 5.96. The van der Waals surface area contributed by atoms with E-state index >= 15 is 0 Å². The van der Waals surface area contributed by atoms with Gasteiger partial charge in [0.2, 0.25) is 0 Å². The van der Waals surface area contributed by atoms with Crippen LogP contribution in [0.25, 0.3) is 0 Å². The number of nitrogens with one attached hydrogen (secondary N) is 2. The van der Waals surface area contributed by atoms with E-state index in [1.807, 2.05) is 6.92 Å². The average Bonchev–Trinajstić information content (AvgIpc) is 2.85. The van der Waals surface area contributed by atoms with Crippen molar-refractivity contribution >= 4 is 28.9 Å². The number of amides is 1. The number of alkyl halides is 5. The molecule has 1 aliphatic carbocycles. The third-order valence-electron chi connectivity index (χ3n) is 6.97. The Hall–Kier alpha value is -3.22. The summed E-state index contributed by atoms with van der Waals surface area (Å²) in [6.07, 6.45) is -3.09. The first-order chi connectivity index (χ1) is 17.9. The molecule has 1 saturated heterocycles. The molecule has 0 radical (unpaired) electrons. The molecular weight excluding hydrogens is 511 g/mol. The Bertz CT molecular complexity index is 1160. The summed E-state index contributed by atoms with van der Waals surface area (Å²) in [6.45, 7) is 1.42. The van der Waals surface area contributed by atoms with Crippen LogP contribution in [0.15, 0.2) is 18.2 Å². The predicted molar refractivity (Wildman–Crippen MR) is 133 cm³/mol. The van der Waals surface area contributed by atoms with Gasteiger partial charge >= 0.3 is 6.18 Å². The molecule has 5 N–H and O–H groups in total. The number of rotatable bonds is 7. The molecule has 13 heteroatoms. The minimum Gasteiger partial charge on any atom is -0.393 e. The maximum atomic E-state index is 14.0. The van der Waals surface area contributed by atoms with E-state index in [0.29, 0.717) is 43.6 Å². The third kappa shape index (κ3) is 6.43. The molecule has 0 atom stereocenters. The van der Waals surface area contributed by atoms with Gasteiger partial charge in [0.1, 0.15) is 5.82 Å². The van der Waals surface area contributed by atoms with E-state index in [9.17, 15) is 31.9 Å². The van der Waals surface area contributed by atoms with Gasteiger partial charge in [-0.3, -0.25) is 4.79 Å². The summed E-state index contributed by atoms with van der Waals surface area (Å²) in [5.74, 6) is -3.52. The Labute approximate surface area is 216 Å². The minimum atomic E-state index is -4.75. The molecule has 0 spiro atoms. The lowest BCUT2D eigenvalue weighted by atomic mass is 9.93. The molecule has 1 saturated carbocycles. The lowest BCUT2D eigenvalue weighted by Gasteiger charge is -2.35. The number of aryl methyl sites for hydroxylation is 1. The van der Waals surface area contributed by atoms with E-state index in [1.54, 1.807) is 0 Å². The molecule has 208 valence electrons. The number of aliphatic hydroxyl groups excluding tert-OH is 1. The molecule has 0 bridgehead atoms. The van der Waals surface area contributed by atoms with E-state index in [1.165, 1.54) is 17.0 Å². The molecule has 2 aromatic rings.